The lowest BCUT2D eigenvalue weighted by atomic mass is 10.4. The summed E-state index contributed by atoms with van der Waals surface area (Å²) < 4.78 is 0. The average Bonchev–Trinajstić information content (AvgIpc) is 2.48. The molecule has 1 rings (SSSR count). The first-order valence-corrected chi connectivity index (χ1v) is 3.89. The summed E-state index contributed by atoms with van der Waals surface area (Å²) in [4.78, 5) is 10.3. The number of nitro groups is 1. The third-order valence-corrected chi connectivity index (χ3v) is 2.01. The average molecular weight is 183 g/mol. The normalized spacial score (nSPS) is 8.75. The molecule has 0 aliphatic heterocycles. The van der Waals surface area contributed by atoms with Crippen molar-refractivity contribution >= 4 is 16.3 Å². The Bertz CT molecular complexity index is 347. The van der Waals surface area contributed by atoms with E-state index in [0.717, 1.165) is 11.3 Å². The van der Waals surface area contributed by atoms with Crippen LogP contribution in [0.1, 0.15) is 4.88 Å². The molecule has 0 atom stereocenters. The minimum absolute atomic E-state index is 0.0669. The second kappa shape index (κ2) is 3.85. The van der Waals surface area contributed by atoms with E-state index in [4.69, 9.17) is 5.11 Å². The minimum Gasteiger partial charge on any atom is -0.384 e. The van der Waals surface area contributed by atoms with Crippen LogP contribution in [0.2, 0.25) is 0 Å². The zero-order chi connectivity index (χ0) is 8.97. The molecular formula is C7H5NO3S. The number of hydrogen-bond donors (Lipinski definition) is 1. The van der Waals surface area contributed by atoms with Crippen molar-refractivity contribution in [1.82, 2.24) is 0 Å². The van der Waals surface area contributed by atoms with Crippen LogP contribution in [-0.4, -0.2) is 16.6 Å². The van der Waals surface area contributed by atoms with Crippen LogP contribution in [0.3, 0.4) is 0 Å². The molecule has 0 aromatic carbocycles. The van der Waals surface area contributed by atoms with Gasteiger partial charge in [-0.05, 0) is 6.07 Å². The van der Waals surface area contributed by atoms with Gasteiger partial charge in [0.25, 0.3) is 0 Å². The summed E-state index contributed by atoms with van der Waals surface area (Å²) in [7, 11) is 0. The van der Waals surface area contributed by atoms with Crippen LogP contribution >= 0.6 is 11.3 Å². The van der Waals surface area contributed by atoms with E-state index in [0.29, 0.717) is 4.88 Å². The molecule has 62 valence electrons. The molecule has 4 nitrogen and oxygen atoms in total. The van der Waals surface area contributed by atoms with E-state index in [9.17, 15) is 10.1 Å². The Hall–Kier alpha value is -1.38. The Balaban J connectivity index is 2.84. The molecule has 0 radical (unpaired) electrons. The summed E-state index contributed by atoms with van der Waals surface area (Å²) in [5.74, 6) is 4.99. The van der Waals surface area contributed by atoms with Gasteiger partial charge in [-0.25, -0.2) is 0 Å². The third kappa shape index (κ3) is 2.05. The molecule has 0 amide bonds. The van der Waals surface area contributed by atoms with Gasteiger partial charge in [0.15, 0.2) is 0 Å². The van der Waals surface area contributed by atoms with Crippen LogP contribution in [-0.2, 0) is 0 Å². The summed E-state index contributed by atoms with van der Waals surface area (Å²) in [5, 5.41) is 18.6. The highest BCUT2D eigenvalue weighted by Crippen LogP contribution is 2.22. The van der Waals surface area contributed by atoms with Crippen LogP contribution in [0.4, 0.5) is 5.00 Å². The summed E-state index contributed by atoms with van der Waals surface area (Å²) in [6, 6.07) is 2.96. The predicted octanol–water partition coefficient (Wildman–Crippen LogP) is 1.00. The van der Waals surface area contributed by atoms with E-state index >= 15 is 0 Å². The monoisotopic (exact) mass is 183 g/mol. The smallest absolute Gasteiger partial charge is 0.325 e. The Labute approximate surface area is 72.6 Å². The molecule has 0 aliphatic carbocycles. The van der Waals surface area contributed by atoms with Crippen LogP contribution in [0, 0.1) is 22.0 Å². The molecule has 5 heteroatoms. The quantitative estimate of drug-likeness (QED) is 0.401. The van der Waals surface area contributed by atoms with Crippen molar-refractivity contribution in [3.63, 3.8) is 0 Å². The van der Waals surface area contributed by atoms with Crippen molar-refractivity contribution in [2.75, 3.05) is 6.61 Å². The fraction of sp³-hybridized carbons (Fsp3) is 0.143. The van der Waals surface area contributed by atoms with Gasteiger partial charge in [0.05, 0.1) is 9.80 Å². The molecule has 1 N–H and O–H groups in total. The predicted molar refractivity (Wildman–Crippen MR) is 44.9 cm³/mol. The molecule has 1 aromatic rings. The first kappa shape index (κ1) is 8.71. The number of rotatable bonds is 1. The molecule has 0 bridgehead atoms. The van der Waals surface area contributed by atoms with Crippen LogP contribution in [0.5, 0.6) is 0 Å². The lowest BCUT2D eigenvalue weighted by Crippen LogP contribution is -1.80. The van der Waals surface area contributed by atoms with Gasteiger partial charge in [0.1, 0.15) is 6.61 Å². The second-order valence-electron chi connectivity index (χ2n) is 1.85. The topological polar surface area (TPSA) is 63.4 Å². The van der Waals surface area contributed by atoms with Gasteiger partial charge >= 0.3 is 5.00 Å². The van der Waals surface area contributed by atoms with Crippen molar-refractivity contribution in [3.8, 4) is 11.8 Å². The fourth-order valence-electron chi connectivity index (χ4n) is 0.620. The van der Waals surface area contributed by atoms with E-state index in [1.54, 1.807) is 6.07 Å². The highest BCUT2D eigenvalue weighted by molar-refractivity contribution is 7.15. The maximum absolute atomic E-state index is 10.2. The summed E-state index contributed by atoms with van der Waals surface area (Å²) in [5.41, 5.74) is 0. The van der Waals surface area contributed by atoms with Crippen molar-refractivity contribution in [3.05, 3.63) is 27.1 Å². The standard InChI is InChI=1S/C7H5NO3S/c9-5-1-2-6-3-4-7(12-6)8(10)11/h3-4,9H,5H2. The van der Waals surface area contributed by atoms with Gasteiger partial charge in [-0.1, -0.05) is 23.2 Å². The SMILES string of the molecule is O=[N+]([O-])c1ccc(C#CCO)s1. The summed E-state index contributed by atoms with van der Waals surface area (Å²) >= 11 is 0.997. The van der Waals surface area contributed by atoms with E-state index in [2.05, 4.69) is 11.8 Å². The van der Waals surface area contributed by atoms with Crippen molar-refractivity contribution < 1.29 is 10.0 Å². The lowest BCUT2D eigenvalue weighted by Gasteiger charge is -1.78. The lowest BCUT2D eigenvalue weighted by molar-refractivity contribution is -0.380. The molecule has 1 heterocycles. The molecule has 0 saturated carbocycles. The molecule has 0 fully saturated rings. The molecular weight excluding hydrogens is 178 g/mol. The molecule has 1 aromatic heterocycles. The Morgan fingerprint density at radius 3 is 2.92 bits per heavy atom. The van der Waals surface area contributed by atoms with Crippen LogP contribution < -0.4 is 0 Å². The first-order chi connectivity index (χ1) is 5.74. The van der Waals surface area contributed by atoms with Gasteiger partial charge in [-0.15, -0.1) is 0 Å². The molecule has 0 aliphatic rings. The zero-order valence-corrected chi connectivity index (χ0v) is 6.80. The van der Waals surface area contributed by atoms with Crippen molar-refractivity contribution in [2.24, 2.45) is 0 Å². The van der Waals surface area contributed by atoms with Gasteiger partial charge in [-0.2, -0.15) is 0 Å². The number of thiophene rings is 1. The second-order valence-corrected chi connectivity index (χ2v) is 2.92. The number of aliphatic hydroxyl groups is 1. The highest BCUT2D eigenvalue weighted by Gasteiger charge is 2.07. The molecule has 0 spiro atoms. The van der Waals surface area contributed by atoms with Crippen LogP contribution in [0.15, 0.2) is 12.1 Å². The number of nitrogens with zero attached hydrogens (tertiary/aromatic N) is 1. The third-order valence-electron chi connectivity index (χ3n) is 1.06. The van der Waals surface area contributed by atoms with Gasteiger partial charge in [0, 0.05) is 6.07 Å². The van der Waals surface area contributed by atoms with Crippen LogP contribution in [0.25, 0.3) is 0 Å². The van der Waals surface area contributed by atoms with Gasteiger partial charge in [-0.3, -0.25) is 10.1 Å². The Kier molecular flexibility index (Phi) is 2.80. The number of hydrogen-bond acceptors (Lipinski definition) is 4. The maximum atomic E-state index is 10.2. The van der Waals surface area contributed by atoms with E-state index < -0.39 is 4.92 Å². The van der Waals surface area contributed by atoms with E-state index in [-0.39, 0.29) is 11.6 Å². The molecule has 0 saturated heterocycles. The van der Waals surface area contributed by atoms with E-state index in [1.807, 2.05) is 0 Å². The van der Waals surface area contributed by atoms with Gasteiger partial charge < -0.3 is 5.11 Å². The Morgan fingerprint density at radius 1 is 1.67 bits per heavy atom. The van der Waals surface area contributed by atoms with Gasteiger partial charge in [0.2, 0.25) is 0 Å². The Morgan fingerprint density at radius 2 is 2.42 bits per heavy atom. The summed E-state index contributed by atoms with van der Waals surface area (Å²) in [6.45, 7) is -0.230. The van der Waals surface area contributed by atoms with Crippen molar-refractivity contribution in [1.29, 1.82) is 0 Å². The van der Waals surface area contributed by atoms with Crippen molar-refractivity contribution in [2.45, 2.75) is 0 Å². The minimum atomic E-state index is -0.463. The molecule has 0 unspecified atom stereocenters. The summed E-state index contributed by atoms with van der Waals surface area (Å²) in [6.07, 6.45) is 0. The number of aliphatic hydroxyl groups excluding tert-OH is 1. The fourth-order valence-corrected chi connectivity index (χ4v) is 1.31. The first-order valence-electron chi connectivity index (χ1n) is 3.08. The maximum Gasteiger partial charge on any atom is 0.325 e. The zero-order valence-electron chi connectivity index (χ0n) is 5.98. The van der Waals surface area contributed by atoms with E-state index in [1.165, 1.54) is 6.07 Å². The largest absolute Gasteiger partial charge is 0.384 e. The highest BCUT2D eigenvalue weighted by atomic mass is 32.1. The molecule has 12 heavy (non-hydrogen) atoms.